The Bertz CT molecular complexity index is 1510. The summed E-state index contributed by atoms with van der Waals surface area (Å²) >= 11 is 6.57. The third-order valence-corrected chi connectivity index (χ3v) is 8.86. The van der Waals surface area contributed by atoms with Crippen molar-refractivity contribution in [2.75, 3.05) is 26.2 Å². The topological polar surface area (TPSA) is 49.7 Å². The molecule has 42 heavy (non-hydrogen) atoms. The van der Waals surface area contributed by atoms with Crippen LogP contribution in [0.2, 0.25) is 5.02 Å². The van der Waals surface area contributed by atoms with Gasteiger partial charge in [-0.1, -0.05) is 35.9 Å². The van der Waals surface area contributed by atoms with Crippen LogP contribution >= 0.6 is 11.6 Å². The summed E-state index contributed by atoms with van der Waals surface area (Å²) in [6.07, 6.45) is 2.00. The van der Waals surface area contributed by atoms with Gasteiger partial charge >= 0.3 is 0 Å². The van der Waals surface area contributed by atoms with Crippen molar-refractivity contribution in [1.82, 2.24) is 19.7 Å². The molecule has 3 aromatic carbocycles. The van der Waals surface area contributed by atoms with Crippen LogP contribution in [0.5, 0.6) is 5.75 Å². The normalized spacial score (nSPS) is 15.0. The van der Waals surface area contributed by atoms with E-state index in [2.05, 4.69) is 96.8 Å². The molecule has 0 atom stereocenters. The fourth-order valence-corrected chi connectivity index (χ4v) is 6.64. The van der Waals surface area contributed by atoms with Crippen LogP contribution in [0.15, 0.2) is 60.7 Å². The minimum Gasteiger partial charge on any atom is -0.489 e. The first-order valence-corrected chi connectivity index (χ1v) is 15.8. The molecule has 1 aliphatic rings. The molecule has 0 saturated carbocycles. The minimum absolute atomic E-state index is 0.110. The first kappa shape index (κ1) is 30.4. The number of aryl methyl sites for hydroxylation is 1. The van der Waals surface area contributed by atoms with E-state index < -0.39 is 0 Å². The Labute approximate surface area is 255 Å². The number of hydrogen-bond acceptors (Lipinski definition) is 4. The van der Waals surface area contributed by atoms with Gasteiger partial charge in [0.05, 0.1) is 5.02 Å². The van der Waals surface area contributed by atoms with Gasteiger partial charge in [0, 0.05) is 78.7 Å². The van der Waals surface area contributed by atoms with Crippen LogP contribution in [0.4, 0.5) is 0 Å². The summed E-state index contributed by atoms with van der Waals surface area (Å²) in [5.74, 6) is 0.539. The molecule has 6 nitrogen and oxygen atoms in total. The van der Waals surface area contributed by atoms with Crippen molar-refractivity contribution < 1.29 is 9.53 Å². The van der Waals surface area contributed by atoms with E-state index in [9.17, 15) is 4.79 Å². The second-order valence-electron chi connectivity index (χ2n) is 12.0. The second kappa shape index (κ2) is 13.5. The number of carbonyl (C=O) groups is 1. The molecule has 1 aliphatic heterocycles. The van der Waals surface area contributed by atoms with Crippen molar-refractivity contribution in [1.29, 1.82) is 0 Å². The average Bonchev–Trinajstić information content (AvgIpc) is 3.29. The summed E-state index contributed by atoms with van der Waals surface area (Å²) in [4.78, 5) is 17.6. The number of likely N-dealkylation sites (tertiary alicyclic amines) is 1. The number of piperidine rings is 1. The molecule has 1 aromatic heterocycles. The van der Waals surface area contributed by atoms with Crippen LogP contribution in [0, 0.1) is 0 Å². The van der Waals surface area contributed by atoms with Gasteiger partial charge in [-0.3, -0.25) is 14.6 Å². The molecule has 2 heterocycles. The quantitative estimate of drug-likeness (QED) is 0.199. The summed E-state index contributed by atoms with van der Waals surface area (Å²) in [5.41, 5.74) is 4.51. The van der Waals surface area contributed by atoms with E-state index in [1.54, 1.807) is 12.1 Å². The molecule has 0 bridgehead atoms. The lowest BCUT2D eigenvalue weighted by atomic mass is 10.1. The molecule has 0 radical (unpaired) electrons. The van der Waals surface area contributed by atoms with Crippen LogP contribution in [0.25, 0.3) is 21.8 Å². The number of hydrogen-bond donors (Lipinski definition) is 1. The predicted molar refractivity (Wildman–Crippen MR) is 175 cm³/mol. The van der Waals surface area contributed by atoms with E-state index >= 15 is 0 Å². The molecule has 1 amide bonds. The second-order valence-corrected chi connectivity index (χ2v) is 12.4. The Morgan fingerprint density at radius 3 is 2.38 bits per heavy atom. The molecule has 0 aliphatic carbocycles. The lowest BCUT2D eigenvalue weighted by Crippen LogP contribution is -2.42. The smallest absolute Gasteiger partial charge is 0.251 e. The number of amides is 1. The third-order valence-electron chi connectivity index (χ3n) is 8.56. The van der Waals surface area contributed by atoms with Gasteiger partial charge in [-0.2, -0.15) is 0 Å². The van der Waals surface area contributed by atoms with Gasteiger partial charge in [-0.25, -0.2) is 0 Å². The monoisotopic (exact) mass is 588 g/mol. The summed E-state index contributed by atoms with van der Waals surface area (Å²) in [6, 6.07) is 21.8. The Hall–Kier alpha value is -3.06. The predicted octanol–water partition coefficient (Wildman–Crippen LogP) is 7.36. The van der Waals surface area contributed by atoms with Gasteiger partial charge in [0.1, 0.15) is 11.9 Å². The van der Waals surface area contributed by atoms with Crippen LogP contribution in [0.3, 0.4) is 0 Å². The maximum absolute atomic E-state index is 12.7. The van der Waals surface area contributed by atoms with Crippen LogP contribution in [0.1, 0.15) is 63.4 Å². The standard InChI is InChI=1S/C35H45ClN4O2/c1-6-39-32-10-8-7-9-29(32)30-21-26(11-13-33(30)39)23-38-18-15-28(16-19-38)42-34-14-12-27(22-31(34)36)35(41)37-17-20-40(24(2)3)25(4)5/h7-14,21-22,24-25,28H,6,15-20,23H2,1-5H3,(H,37,41). The number of rotatable bonds is 11. The number of nitrogens with zero attached hydrogens (tertiary/aromatic N) is 3. The van der Waals surface area contributed by atoms with E-state index in [1.807, 2.05) is 6.07 Å². The fourth-order valence-electron chi connectivity index (χ4n) is 6.41. The third kappa shape index (κ3) is 6.77. The molecular weight excluding hydrogens is 544 g/mol. The highest BCUT2D eigenvalue weighted by Gasteiger charge is 2.22. The minimum atomic E-state index is -0.110. The number of benzene rings is 3. The molecule has 1 saturated heterocycles. The van der Waals surface area contributed by atoms with Crippen molar-refractivity contribution >= 4 is 39.3 Å². The Morgan fingerprint density at radius 2 is 1.69 bits per heavy atom. The van der Waals surface area contributed by atoms with E-state index in [4.69, 9.17) is 16.3 Å². The molecule has 1 fully saturated rings. The molecule has 5 rings (SSSR count). The number of fused-ring (bicyclic) bond motifs is 3. The Morgan fingerprint density at radius 1 is 0.976 bits per heavy atom. The van der Waals surface area contributed by atoms with Crippen LogP contribution in [-0.2, 0) is 13.1 Å². The van der Waals surface area contributed by atoms with E-state index in [-0.39, 0.29) is 12.0 Å². The number of para-hydroxylation sites is 1. The zero-order chi connectivity index (χ0) is 29.8. The lowest BCUT2D eigenvalue weighted by molar-refractivity contribution is 0.0937. The summed E-state index contributed by atoms with van der Waals surface area (Å²) in [6.45, 7) is 16.2. The Balaban J connectivity index is 1.13. The van der Waals surface area contributed by atoms with Crippen molar-refractivity contribution in [3.05, 3.63) is 76.8 Å². The first-order chi connectivity index (χ1) is 20.2. The van der Waals surface area contributed by atoms with Gasteiger partial charge in [-0.15, -0.1) is 0 Å². The number of carbonyl (C=O) groups excluding carboxylic acids is 1. The summed E-state index contributed by atoms with van der Waals surface area (Å²) in [5, 5.41) is 6.17. The average molecular weight is 589 g/mol. The van der Waals surface area contributed by atoms with E-state index in [0.29, 0.717) is 35.0 Å². The zero-order valence-electron chi connectivity index (χ0n) is 25.7. The fraction of sp³-hybridized carbons (Fsp3) is 0.457. The molecular formula is C35H45ClN4O2. The van der Waals surface area contributed by atoms with Gasteiger partial charge in [-0.05, 0) is 89.4 Å². The van der Waals surface area contributed by atoms with Crippen LogP contribution < -0.4 is 10.1 Å². The number of halogens is 1. The van der Waals surface area contributed by atoms with Crippen molar-refractivity contribution in [2.24, 2.45) is 0 Å². The SMILES string of the molecule is CCn1c2ccccc2c2cc(CN3CCC(Oc4ccc(C(=O)NCCN(C(C)C)C(C)C)cc4Cl)CC3)ccc21. The number of ether oxygens (including phenoxy) is 1. The molecule has 4 aromatic rings. The molecule has 1 N–H and O–H groups in total. The lowest BCUT2D eigenvalue weighted by Gasteiger charge is -2.32. The molecule has 224 valence electrons. The van der Waals surface area contributed by atoms with E-state index in [0.717, 1.165) is 45.6 Å². The van der Waals surface area contributed by atoms with Crippen molar-refractivity contribution in [3.8, 4) is 5.75 Å². The largest absolute Gasteiger partial charge is 0.489 e. The van der Waals surface area contributed by atoms with Crippen molar-refractivity contribution in [3.63, 3.8) is 0 Å². The highest BCUT2D eigenvalue weighted by Crippen LogP contribution is 2.31. The maximum Gasteiger partial charge on any atom is 0.251 e. The molecule has 7 heteroatoms. The van der Waals surface area contributed by atoms with Crippen LogP contribution in [-0.4, -0.2) is 64.6 Å². The highest BCUT2D eigenvalue weighted by molar-refractivity contribution is 6.32. The van der Waals surface area contributed by atoms with Gasteiger partial charge in [0.25, 0.3) is 5.91 Å². The number of aromatic nitrogens is 1. The zero-order valence-corrected chi connectivity index (χ0v) is 26.5. The molecule has 0 unspecified atom stereocenters. The first-order valence-electron chi connectivity index (χ1n) is 15.5. The van der Waals surface area contributed by atoms with Gasteiger partial charge < -0.3 is 14.6 Å². The Kier molecular flexibility index (Phi) is 9.77. The van der Waals surface area contributed by atoms with Gasteiger partial charge in [0.15, 0.2) is 0 Å². The molecule has 0 spiro atoms. The number of nitrogens with one attached hydrogen (secondary N) is 1. The van der Waals surface area contributed by atoms with E-state index in [1.165, 1.54) is 27.4 Å². The highest BCUT2D eigenvalue weighted by atomic mass is 35.5. The summed E-state index contributed by atoms with van der Waals surface area (Å²) in [7, 11) is 0. The summed E-state index contributed by atoms with van der Waals surface area (Å²) < 4.78 is 8.70. The maximum atomic E-state index is 12.7. The van der Waals surface area contributed by atoms with Crippen molar-refractivity contribution in [2.45, 2.75) is 78.7 Å². The van der Waals surface area contributed by atoms with Gasteiger partial charge in [0.2, 0.25) is 0 Å².